The number of fused-ring (bicyclic) bond motifs is 1. The van der Waals surface area contributed by atoms with Crippen molar-refractivity contribution in [2.45, 2.75) is 45.4 Å². The first-order chi connectivity index (χ1) is 18.1. The zero-order chi connectivity index (χ0) is 27.6. The maximum Gasteiger partial charge on any atom is 0.303 e. The van der Waals surface area contributed by atoms with E-state index in [4.69, 9.17) is 16.6 Å². The Hall–Kier alpha value is -2.78. The zero-order valence-corrected chi connectivity index (χ0v) is 23.5. The number of carboxylic acid groups (broad SMARTS) is 1. The Balaban J connectivity index is 1.71. The second kappa shape index (κ2) is 11.9. The Morgan fingerprint density at radius 3 is 2.71 bits per heavy atom. The molecule has 0 radical (unpaired) electrons. The van der Waals surface area contributed by atoms with Gasteiger partial charge in [0.1, 0.15) is 17.5 Å². The lowest BCUT2D eigenvalue weighted by atomic mass is 9.92. The van der Waals surface area contributed by atoms with Gasteiger partial charge in [-0.15, -0.1) is 0 Å². The van der Waals surface area contributed by atoms with Gasteiger partial charge in [0.2, 0.25) is 0 Å². The van der Waals surface area contributed by atoms with E-state index in [1.54, 1.807) is 0 Å². The second-order valence-corrected chi connectivity index (χ2v) is 11.2. The Kier molecular flexibility index (Phi) is 8.88. The van der Waals surface area contributed by atoms with Crippen LogP contribution in [0.2, 0.25) is 5.02 Å². The van der Waals surface area contributed by atoms with Gasteiger partial charge >= 0.3 is 5.97 Å². The third-order valence-electron chi connectivity index (χ3n) is 7.05. The molecule has 10 heteroatoms. The van der Waals surface area contributed by atoms with Gasteiger partial charge in [-0.2, -0.15) is 0 Å². The van der Waals surface area contributed by atoms with Gasteiger partial charge in [-0.25, -0.2) is 13.8 Å². The number of carbonyl (C=O) groups is 2. The Morgan fingerprint density at radius 1 is 1.26 bits per heavy atom. The molecule has 2 aromatic carbocycles. The number of hydrogen-bond acceptors (Lipinski definition) is 4. The molecule has 1 aromatic heterocycles. The summed E-state index contributed by atoms with van der Waals surface area (Å²) in [5.74, 6) is -2.65. The van der Waals surface area contributed by atoms with E-state index < -0.39 is 34.5 Å². The second-order valence-electron chi connectivity index (χ2n) is 9.89. The Bertz CT molecular complexity index is 1390. The fourth-order valence-electron chi connectivity index (χ4n) is 5.17. The third-order valence-corrected chi connectivity index (χ3v) is 7.93. The number of hydrogen-bond donors (Lipinski definition) is 2. The van der Waals surface area contributed by atoms with Crippen molar-refractivity contribution in [1.29, 1.82) is 0 Å². The van der Waals surface area contributed by atoms with Crippen LogP contribution in [0.4, 0.5) is 14.6 Å². The fourth-order valence-corrected chi connectivity index (χ4v) is 5.84. The number of nitrogens with one attached hydrogen (secondary N) is 1. The summed E-state index contributed by atoms with van der Waals surface area (Å²) in [6.45, 7) is 5.62. The van der Waals surface area contributed by atoms with Gasteiger partial charge < -0.3 is 15.3 Å². The highest BCUT2D eigenvalue weighted by Gasteiger charge is 2.27. The molecule has 0 saturated carbocycles. The number of aliphatic carboxylic acids is 1. The molecule has 1 fully saturated rings. The van der Waals surface area contributed by atoms with Gasteiger partial charge in [0, 0.05) is 53.0 Å². The number of rotatable bonds is 8. The monoisotopic (exact) mass is 607 g/mol. The van der Waals surface area contributed by atoms with E-state index in [0.29, 0.717) is 22.4 Å². The van der Waals surface area contributed by atoms with Crippen molar-refractivity contribution in [1.82, 2.24) is 10.3 Å². The maximum absolute atomic E-state index is 14.7. The number of halogens is 4. The standard InChI is InChI=1S/C28H29BrClF2N3O3/c1-15-4-3-11-35(14-15)27-16(2)24(19-12-18(29)6-9-22(19)34-27)28(38)33-13-17(5-10-23(36)37)25-20(31)7-8-21(32)26(25)30/h6-9,12,15,17H,3-5,10-11,13-14H2,1-2H3,(H,33,38)(H,36,37). The van der Waals surface area contributed by atoms with Gasteiger partial charge in [0.25, 0.3) is 5.91 Å². The summed E-state index contributed by atoms with van der Waals surface area (Å²) in [6.07, 6.45) is 1.84. The van der Waals surface area contributed by atoms with E-state index >= 15 is 0 Å². The van der Waals surface area contributed by atoms with E-state index in [-0.39, 0.29) is 24.9 Å². The van der Waals surface area contributed by atoms with Crippen molar-refractivity contribution in [3.05, 3.63) is 68.2 Å². The van der Waals surface area contributed by atoms with E-state index in [2.05, 4.69) is 33.1 Å². The first-order valence-electron chi connectivity index (χ1n) is 12.5. The van der Waals surface area contributed by atoms with Crippen LogP contribution < -0.4 is 10.2 Å². The number of carbonyl (C=O) groups excluding carboxylic acids is 1. The van der Waals surface area contributed by atoms with Crippen molar-refractivity contribution in [2.24, 2.45) is 5.92 Å². The normalized spacial score (nSPS) is 16.5. The number of benzene rings is 2. The van der Waals surface area contributed by atoms with Gasteiger partial charge in [-0.05, 0) is 62.4 Å². The predicted octanol–water partition coefficient (Wildman–Crippen LogP) is 6.85. The molecule has 202 valence electrons. The largest absolute Gasteiger partial charge is 0.481 e. The van der Waals surface area contributed by atoms with Crippen molar-refractivity contribution in [2.75, 3.05) is 24.5 Å². The average molecular weight is 609 g/mol. The number of nitrogens with zero attached hydrogens (tertiary/aromatic N) is 2. The first kappa shape index (κ1) is 28.2. The lowest BCUT2D eigenvalue weighted by molar-refractivity contribution is -0.137. The van der Waals surface area contributed by atoms with Crippen LogP contribution in [0.5, 0.6) is 0 Å². The molecule has 3 aromatic rings. The van der Waals surface area contributed by atoms with Gasteiger partial charge in [-0.1, -0.05) is 34.5 Å². The van der Waals surface area contributed by atoms with Gasteiger partial charge in [0.15, 0.2) is 0 Å². The van der Waals surface area contributed by atoms with Crippen molar-refractivity contribution >= 4 is 56.1 Å². The van der Waals surface area contributed by atoms with Crippen LogP contribution in [0.1, 0.15) is 60.0 Å². The minimum Gasteiger partial charge on any atom is -0.481 e. The van der Waals surface area contributed by atoms with Crippen LogP contribution in [0.25, 0.3) is 10.9 Å². The summed E-state index contributed by atoms with van der Waals surface area (Å²) in [6, 6.07) is 7.42. The van der Waals surface area contributed by atoms with Crippen molar-refractivity contribution in [3.8, 4) is 0 Å². The molecule has 2 heterocycles. The van der Waals surface area contributed by atoms with Crippen LogP contribution in [0.3, 0.4) is 0 Å². The first-order valence-corrected chi connectivity index (χ1v) is 13.7. The minimum atomic E-state index is -1.09. The molecule has 1 amide bonds. The van der Waals surface area contributed by atoms with E-state index in [9.17, 15) is 23.5 Å². The number of piperidine rings is 1. The highest BCUT2D eigenvalue weighted by atomic mass is 79.9. The molecular weight excluding hydrogens is 580 g/mol. The molecule has 38 heavy (non-hydrogen) atoms. The molecule has 2 atom stereocenters. The summed E-state index contributed by atoms with van der Waals surface area (Å²) >= 11 is 9.56. The lowest BCUT2D eigenvalue weighted by Crippen LogP contribution is -2.36. The zero-order valence-electron chi connectivity index (χ0n) is 21.2. The number of amides is 1. The molecule has 0 bridgehead atoms. The quantitative estimate of drug-likeness (QED) is 0.273. The molecule has 0 aliphatic carbocycles. The van der Waals surface area contributed by atoms with E-state index in [1.807, 2.05) is 25.1 Å². The maximum atomic E-state index is 14.7. The van der Waals surface area contributed by atoms with Crippen molar-refractivity contribution < 1.29 is 23.5 Å². The predicted molar refractivity (Wildman–Crippen MR) is 148 cm³/mol. The van der Waals surface area contributed by atoms with E-state index in [1.165, 1.54) is 0 Å². The van der Waals surface area contributed by atoms with Crippen LogP contribution in [-0.2, 0) is 4.79 Å². The molecule has 0 spiro atoms. The smallest absolute Gasteiger partial charge is 0.303 e. The third kappa shape index (κ3) is 6.10. The van der Waals surface area contributed by atoms with Crippen LogP contribution in [-0.4, -0.2) is 41.6 Å². The number of aromatic nitrogens is 1. The summed E-state index contributed by atoms with van der Waals surface area (Å²) in [5.41, 5.74) is 1.68. The molecule has 6 nitrogen and oxygen atoms in total. The molecule has 2 unspecified atom stereocenters. The molecule has 1 saturated heterocycles. The molecule has 2 N–H and O–H groups in total. The molecule has 1 aliphatic rings. The highest BCUT2D eigenvalue weighted by Crippen LogP contribution is 2.34. The van der Waals surface area contributed by atoms with Crippen LogP contribution >= 0.6 is 27.5 Å². The fraction of sp³-hybridized carbons (Fsp3) is 0.393. The van der Waals surface area contributed by atoms with Crippen LogP contribution in [0, 0.1) is 24.5 Å². The summed E-state index contributed by atoms with van der Waals surface area (Å²) in [7, 11) is 0. The molecule has 1 aliphatic heterocycles. The van der Waals surface area contributed by atoms with Gasteiger partial charge in [0.05, 0.1) is 16.1 Å². The van der Waals surface area contributed by atoms with E-state index in [0.717, 1.165) is 53.9 Å². The number of pyridine rings is 1. The minimum absolute atomic E-state index is 0.0335. The Morgan fingerprint density at radius 2 is 2.00 bits per heavy atom. The van der Waals surface area contributed by atoms with Gasteiger partial charge in [-0.3, -0.25) is 9.59 Å². The summed E-state index contributed by atoms with van der Waals surface area (Å²) < 4.78 is 29.7. The van der Waals surface area contributed by atoms with Crippen molar-refractivity contribution in [3.63, 3.8) is 0 Å². The highest BCUT2D eigenvalue weighted by molar-refractivity contribution is 9.10. The SMILES string of the molecule is Cc1c(N2CCCC(C)C2)nc2ccc(Br)cc2c1C(=O)NCC(CCC(=O)O)c1c(F)ccc(F)c1Cl. The number of carboxylic acids is 1. The summed E-state index contributed by atoms with van der Waals surface area (Å²) in [4.78, 5) is 32.1. The van der Waals surface area contributed by atoms with Crippen LogP contribution in [0.15, 0.2) is 34.8 Å². The number of anilines is 1. The molecule has 4 rings (SSSR count). The topological polar surface area (TPSA) is 82.5 Å². The molecular formula is C28H29BrClF2N3O3. The average Bonchev–Trinajstić information content (AvgIpc) is 2.87. The lowest BCUT2D eigenvalue weighted by Gasteiger charge is -2.33. The summed E-state index contributed by atoms with van der Waals surface area (Å²) in [5, 5.41) is 12.3. The Labute approximate surface area is 233 Å².